The molecule has 0 bridgehead atoms. The zero-order valence-electron chi connectivity index (χ0n) is 6.68. The molecular weight excluding hydrogens is 270 g/mol. The largest absolute Gasteiger partial charge is 0.292 e. The molecule has 0 aliphatic heterocycles. The van der Waals surface area contributed by atoms with Crippen molar-refractivity contribution in [3.05, 3.63) is 37.4 Å². The summed E-state index contributed by atoms with van der Waals surface area (Å²) in [5, 5.41) is 0.140. The summed E-state index contributed by atoms with van der Waals surface area (Å²) in [6.07, 6.45) is 1.25. The Balaban J connectivity index is 3.13. The normalized spacial score (nSPS) is 11.9. The molecule has 0 N–H and O–H groups in total. The van der Waals surface area contributed by atoms with Crippen LogP contribution >= 0.6 is 46.4 Å². The van der Waals surface area contributed by atoms with Crippen molar-refractivity contribution in [1.29, 1.82) is 0 Å². The second-order valence-electron chi connectivity index (χ2n) is 2.34. The Labute approximate surface area is 99.9 Å². The molecule has 0 radical (unpaired) electrons. The average molecular weight is 274 g/mol. The van der Waals surface area contributed by atoms with Gasteiger partial charge in [0.05, 0.1) is 12.9 Å². The number of rotatable bonds is 2. The van der Waals surface area contributed by atoms with E-state index < -0.39 is 5.56 Å². The summed E-state index contributed by atoms with van der Waals surface area (Å²) in [5.74, 6) is 0. The Kier molecular flexibility index (Phi) is 4.26. The number of hydrogen-bond donors (Lipinski definition) is 0. The second-order valence-corrected chi connectivity index (χ2v) is 3.78. The minimum Gasteiger partial charge on any atom is -0.292 e. The molecule has 0 atom stereocenters. The maximum atomic E-state index is 11.4. The lowest BCUT2D eigenvalue weighted by Gasteiger charge is -2.03. The summed E-state index contributed by atoms with van der Waals surface area (Å²) >= 11 is 22.1. The van der Waals surface area contributed by atoms with Gasteiger partial charge >= 0.3 is 0 Å². The van der Waals surface area contributed by atoms with Gasteiger partial charge < -0.3 is 0 Å². The summed E-state index contributed by atoms with van der Waals surface area (Å²) in [5.41, 5.74) is 0.708. The van der Waals surface area contributed by atoms with Gasteiger partial charge in [0.1, 0.15) is 5.02 Å². The fraction of sp³-hybridized carbons (Fsp3) is 0.143. The molecule has 0 fully saturated rings. The van der Waals surface area contributed by atoms with Crippen LogP contribution in [0.3, 0.4) is 0 Å². The van der Waals surface area contributed by atoms with E-state index in [0.717, 1.165) is 5.54 Å². The van der Waals surface area contributed by atoms with Crippen molar-refractivity contribution in [3.63, 3.8) is 0 Å². The maximum absolute atomic E-state index is 11.4. The zero-order chi connectivity index (χ0) is 10.7. The predicted octanol–water partition coefficient (Wildman–Crippen LogP) is 2.87. The first-order valence-electron chi connectivity index (χ1n) is 3.41. The van der Waals surface area contributed by atoms with Gasteiger partial charge in [-0.2, -0.15) is 0 Å². The van der Waals surface area contributed by atoms with Crippen molar-refractivity contribution in [1.82, 2.24) is 9.55 Å². The molecular formula is C7H4Cl4N2O. The highest BCUT2D eigenvalue weighted by molar-refractivity contribution is 6.41. The summed E-state index contributed by atoms with van der Waals surface area (Å²) < 4.78 is 1.20. The lowest BCUT2D eigenvalue weighted by molar-refractivity contribution is 0.746. The van der Waals surface area contributed by atoms with Gasteiger partial charge in [0.15, 0.2) is 5.15 Å². The van der Waals surface area contributed by atoms with Crippen LogP contribution in [-0.4, -0.2) is 9.55 Å². The highest BCUT2D eigenvalue weighted by atomic mass is 35.5. The first-order valence-corrected chi connectivity index (χ1v) is 4.98. The standard InChI is InChI=1S/C7H4Cl4N2O/c8-1-4(9)2-13-3-12-6(11)5(10)7(13)14/h1,3H,2H2/b4-1+. The van der Waals surface area contributed by atoms with E-state index in [0.29, 0.717) is 5.03 Å². The third-order valence-electron chi connectivity index (χ3n) is 1.38. The fourth-order valence-electron chi connectivity index (χ4n) is 0.754. The van der Waals surface area contributed by atoms with E-state index in [1.165, 1.54) is 10.9 Å². The van der Waals surface area contributed by atoms with Crippen LogP contribution in [0.2, 0.25) is 10.2 Å². The van der Waals surface area contributed by atoms with Crippen LogP contribution in [0.5, 0.6) is 0 Å². The molecule has 14 heavy (non-hydrogen) atoms. The van der Waals surface area contributed by atoms with E-state index in [-0.39, 0.29) is 16.7 Å². The van der Waals surface area contributed by atoms with Crippen molar-refractivity contribution in [2.45, 2.75) is 6.54 Å². The molecule has 7 heteroatoms. The third kappa shape index (κ3) is 2.64. The van der Waals surface area contributed by atoms with Gasteiger partial charge in [0.2, 0.25) is 0 Å². The van der Waals surface area contributed by atoms with Crippen molar-refractivity contribution < 1.29 is 0 Å². The molecule has 0 saturated carbocycles. The van der Waals surface area contributed by atoms with E-state index in [4.69, 9.17) is 46.4 Å². The molecule has 76 valence electrons. The number of hydrogen-bond acceptors (Lipinski definition) is 2. The lowest BCUT2D eigenvalue weighted by Crippen LogP contribution is -2.21. The molecule has 0 aliphatic carbocycles. The number of halogens is 4. The average Bonchev–Trinajstić information content (AvgIpc) is 2.19. The van der Waals surface area contributed by atoms with Gasteiger partial charge in [0.25, 0.3) is 5.56 Å². The molecule has 1 aromatic rings. The van der Waals surface area contributed by atoms with Crippen LogP contribution in [0.15, 0.2) is 21.7 Å². The molecule has 1 heterocycles. The van der Waals surface area contributed by atoms with Crippen LogP contribution in [0.4, 0.5) is 0 Å². The smallest absolute Gasteiger partial charge is 0.274 e. The maximum Gasteiger partial charge on any atom is 0.274 e. The van der Waals surface area contributed by atoms with Crippen LogP contribution in [0.1, 0.15) is 0 Å². The van der Waals surface area contributed by atoms with Gasteiger partial charge in [-0.05, 0) is 0 Å². The van der Waals surface area contributed by atoms with Crippen molar-refractivity contribution >= 4 is 46.4 Å². The fourth-order valence-corrected chi connectivity index (χ4v) is 1.23. The first-order chi connectivity index (χ1) is 6.56. The molecule has 0 aliphatic rings. The first kappa shape index (κ1) is 11.9. The Hall–Kier alpha value is -0.220. The summed E-state index contributed by atoms with van der Waals surface area (Å²) in [6.45, 7) is 0.119. The number of aromatic nitrogens is 2. The van der Waals surface area contributed by atoms with Crippen molar-refractivity contribution in [3.8, 4) is 0 Å². The molecule has 0 aromatic carbocycles. The molecule has 3 nitrogen and oxygen atoms in total. The summed E-state index contributed by atoms with van der Waals surface area (Å²) in [4.78, 5) is 15.1. The summed E-state index contributed by atoms with van der Waals surface area (Å²) in [6, 6.07) is 0. The van der Waals surface area contributed by atoms with E-state index in [1.807, 2.05) is 0 Å². The molecule has 0 spiro atoms. The topological polar surface area (TPSA) is 34.9 Å². The monoisotopic (exact) mass is 272 g/mol. The van der Waals surface area contributed by atoms with Crippen LogP contribution in [0, 0.1) is 0 Å². The Morgan fingerprint density at radius 1 is 1.57 bits per heavy atom. The predicted molar refractivity (Wildman–Crippen MR) is 58.3 cm³/mol. The van der Waals surface area contributed by atoms with Gasteiger partial charge in [-0.1, -0.05) is 46.4 Å². The van der Waals surface area contributed by atoms with E-state index in [2.05, 4.69) is 4.98 Å². The molecule has 0 unspecified atom stereocenters. The molecule has 0 amide bonds. The third-order valence-corrected chi connectivity index (χ3v) is 2.71. The van der Waals surface area contributed by atoms with E-state index in [1.54, 1.807) is 0 Å². The van der Waals surface area contributed by atoms with Crippen molar-refractivity contribution in [2.75, 3.05) is 0 Å². The van der Waals surface area contributed by atoms with Gasteiger partial charge in [-0.15, -0.1) is 0 Å². The number of allylic oxidation sites excluding steroid dienone is 1. The molecule has 1 rings (SSSR count). The van der Waals surface area contributed by atoms with E-state index in [9.17, 15) is 4.79 Å². The minimum atomic E-state index is -0.455. The van der Waals surface area contributed by atoms with Crippen LogP contribution in [0.25, 0.3) is 0 Å². The van der Waals surface area contributed by atoms with E-state index >= 15 is 0 Å². The quantitative estimate of drug-likeness (QED) is 0.777. The Bertz CT molecular complexity index is 426. The minimum absolute atomic E-state index is 0.0288. The Morgan fingerprint density at radius 3 is 2.79 bits per heavy atom. The van der Waals surface area contributed by atoms with Gasteiger partial charge in [-0.3, -0.25) is 9.36 Å². The second kappa shape index (κ2) is 5.03. The lowest BCUT2D eigenvalue weighted by atomic mass is 10.5. The SMILES string of the molecule is O=c1c(Cl)c(Cl)ncn1C/C(Cl)=C\Cl. The van der Waals surface area contributed by atoms with Crippen molar-refractivity contribution in [2.24, 2.45) is 0 Å². The van der Waals surface area contributed by atoms with Crippen LogP contribution < -0.4 is 5.56 Å². The van der Waals surface area contributed by atoms with Gasteiger partial charge in [0, 0.05) is 10.6 Å². The zero-order valence-corrected chi connectivity index (χ0v) is 9.70. The molecule has 1 aromatic heterocycles. The highest BCUT2D eigenvalue weighted by Gasteiger charge is 2.07. The summed E-state index contributed by atoms with van der Waals surface area (Å²) in [7, 11) is 0. The van der Waals surface area contributed by atoms with Crippen LogP contribution in [-0.2, 0) is 6.54 Å². The number of nitrogens with zero attached hydrogens (tertiary/aromatic N) is 2. The molecule has 0 saturated heterocycles. The highest BCUT2D eigenvalue weighted by Crippen LogP contribution is 2.13. The Morgan fingerprint density at radius 2 is 2.21 bits per heavy atom. The van der Waals surface area contributed by atoms with Gasteiger partial charge in [-0.25, -0.2) is 4.98 Å².